The highest BCUT2D eigenvalue weighted by Gasteiger charge is 2.23. The van der Waals surface area contributed by atoms with Crippen LogP contribution in [0.3, 0.4) is 0 Å². The highest BCUT2D eigenvalue weighted by Crippen LogP contribution is 2.18. The van der Waals surface area contributed by atoms with Crippen LogP contribution < -0.4 is 10.0 Å². The number of hydrogen-bond acceptors (Lipinski definition) is 4. The zero-order chi connectivity index (χ0) is 15.3. The molecule has 0 aromatic carbocycles. The summed E-state index contributed by atoms with van der Waals surface area (Å²) >= 11 is 0. The molecule has 0 fully saturated rings. The molecule has 1 heterocycles. The summed E-state index contributed by atoms with van der Waals surface area (Å²) in [7, 11) is -3.46. The van der Waals surface area contributed by atoms with Crippen LogP contribution in [-0.2, 0) is 16.6 Å². The smallest absolute Gasteiger partial charge is 0.244 e. The minimum Gasteiger partial charge on any atom is -0.313 e. The van der Waals surface area contributed by atoms with Crippen molar-refractivity contribution in [3.8, 4) is 0 Å². The maximum atomic E-state index is 12.2. The minimum absolute atomic E-state index is 0.315. The predicted molar refractivity (Wildman–Crippen MR) is 80.3 cm³/mol. The van der Waals surface area contributed by atoms with E-state index in [2.05, 4.69) is 29.0 Å². The van der Waals surface area contributed by atoms with Crippen LogP contribution in [0, 0.1) is 13.8 Å². The van der Waals surface area contributed by atoms with Gasteiger partial charge in [0, 0.05) is 19.1 Å². The number of aryl methyl sites for hydroxylation is 1. The zero-order valence-electron chi connectivity index (χ0n) is 13.0. The van der Waals surface area contributed by atoms with Gasteiger partial charge in [-0.1, -0.05) is 20.8 Å². The standard InChI is InChI=1S/C13H26N4O2S/c1-6-7-15-20(18,19)13-11(4)16-17(12(13)5)9-8-14-10(2)3/h10,14-15H,6-9H2,1-5H3. The highest BCUT2D eigenvalue weighted by molar-refractivity contribution is 7.89. The lowest BCUT2D eigenvalue weighted by atomic mass is 10.4. The molecule has 2 N–H and O–H groups in total. The third-order valence-corrected chi connectivity index (χ3v) is 4.71. The molecule has 0 aliphatic carbocycles. The van der Waals surface area contributed by atoms with Crippen molar-refractivity contribution in [1.82, 2.24) is 19.8 Å². The van der Waals surface area contributed by atoms with Gasteiger partial charge in [-0.15, -0.1) is 0 Å². The highest BCUT2D eigenvalue weighted by atomic mass is 32.2. The van der Waals surface area contributed by atoms with E-state index in [1.54, 1.807) is 18.5 Å². The Morgan fingerprint density at radius 1 is 1.25 bits per heavy atom. The largest absolute Gasteiger partial charge is 0.313 e. The van der Waals surface area contributed by atoms with Gasteiger partial charge in [0.15, 0.2) is 0 Å². The molecular weight excluding hydrogens is 276 g/mol. The van der Waals surface area contributed by atoms with Crippen molar-refractivity contribution in [3.63, 3.8) is 0 Å². The van der Waals surface area contributed by atoms with E-state index in [4.69, 9.17) is 0 Å². The molecule has 1 rings (SSSR count). The first-order valence-electron chi connectivity index (χ1n) is 7.06. The number of nitrogens with one attached hydrogen (secondary N) is 2. The second-order valence-electron chi connectivity index (χ2n) is 5.23. The Kier molecular flexibility index (Phi) is 6.16. The minimum atomic E-state index is -3.46. The second kappa shape index (κ2) is 7.19. The van der Waals surface area contributed by atoms with Crippen molar-refractivity contribution in [2.24, 2.45) is 0 Å². The van der Waals surface area contributed by atoms with E-state index >= 15 is 0 Å². The van der Waals surface area contributed by atoms with Crippen molar-refractivity contribution < 1.29 is 8.42 Å². The van der Waals surface area contributed by atoms with Crippen molar-refractivity contribution in [3.05, 3.63) is 11.4 Å². The lowest BCUT2D eigenvalue weighted by molar-refractivity contribution is 0.506. The molecule has 1 aromatic rings. The van der Waals surface area contributed by atoms with Crippen LogP contribution in [0.15, 0.2) is 4.90 Å². The monoisotopic (exact) mass is 302 g/mol. The van der Waals surface area contributed by atoms with Gasteiger partial charge in [-0.05, 0) is 20.3 Å². The van der Waals surface area contributed by atoms with Gasteiger partial charge in [0.05, 0.1) is 17.9 Å². The van der Waals surface area contributed by atoms with Gasteiger partial charge >= 0.3 is 0 Å². The molecule has 0 spiro atoms. The molecule has 6 nitrogen and oxygen atoms in total. The fourth-order valence-corrected chi connectivity index (χ4v) is 3.60. The maximum Gasteiger partial charge on any atom is 0.244 e. The van der Waals surface area contributed by atoms with Crippen molar-refractivity contribution in [2.75, 3.05) is 13.1 Å². The van der Waals surface area contributed by atoms with E-state index < -0.39 is 10.0 Å². The topological polar surface area (TPSA) is 76.0 Å². The summed E-state index contributed by atoms with van der Waals surface area (Å²) in [6, 6.07) is 0.404. The molecule has 0 bridgehead atoms. The third kappa shape index (κ3) is 4.29. The molecule has 0 saturated carbocycles. The van der Waals surface area contributed by atoms with E-state index in [-0.39, 0.29) is 0 Å². The molecule has 0 radical (unpaired) electrons. The van der Waals surface area contributed by atoms with E-state index in [9.17, 15) is 8.42 Å². The van der Waals surface area contributed by atoms with Gasteiger partial charge in [-0.25, -0.2) is 13.1 Å². The van der Waals surface area contributed by atoms with Gasteiger partial charge in [-0.2, -0.15) is 5.10 Å². The van der Waals surface area contributed by atoms with Gasteiger partial charge in [0.2, 0.25) is 10.0 Å². The second-order valence-corrected chi connectivity index (χ2v) is 6.93. The van der Waals surface area contributed by atoms with Gasteiger partial charge in [-0.3, -0.25) is 4.68 Å². The summed E-state index contributed by atoms with van der Waals surface area (Å²) in [6.45, 7) is 11.5. The maximum absolute atomic E-state index is 12.2. The summed E-state index contributed by atoms with van der Waals surface area (Å²) in [6.07, 6.45) is 0.768. The SMILES string of the molecule is CCCNS(=O)(=O)c1c(C)nn(CCNC(C)C)c1C. The van der Waals surface area contributed by atoms with Crippen LogP contribution in [0.5, 0.6) is 0 Å². The van der Waals surface area contributed by atoms with Crippen molar-refractivity contribution >= 4 is 10.0 Å². The van der Waals surface area contributed by atoms with Crippen LogP contribution in [0.25, 0.3) is 0 Å². The molecule has 0 aliphatic heterocycles. The summed E-state index contributed by atoms with van der Waals surface area (Å²) in [5.74, 6) is 0. The molecule has 1 aromatic heterocycles. The van der Waals surface area contributed by atoms with Crippen LogP contribution in [0.2, 0.25) is 0 Å². The number of hydrogen-bond donors (Lipinski definition) is 2. The summed E-state index contributed by atoms with van der Waals surface area (Å²) in [5, 5.41) is 7.64. The quantitative estimate of drug-likeness (QED) is 0.756. The Morgan fingerprint density at radius 3 is 2.45 bits per heavy atom. The first kappa shape index (κ1) is 17.1. The average Bonchev–Trinajstić information content (AvgIpc) is 2.62. The van der Waals surface area contributed by atoms with Gasteiger partial charge in [0.1, 0.15) is 4.90 Å². The molecule has 0 saturated heterocycles. The summed E-state index contributed by atoms with van der Waals surface area (Å²) < 4.78 is 28.8. The fraction of sp³-hybridized carbons (Fsp3) is 0.769. The number of aromatic nitrogens is 2. The average molecular weight is 302 g/mol. The summed E-state index contributed by atoms with van der Waals surface area (Å²) in [4.78, 5) is 0.315. The Labute approximate surface area is 122 Å². The first-order valence-corrected chi connectivity index (χ1v) is 8.55. The van der Waals surface area contributed by atoms with E-state index in [1.165, 1.54) is 0 Å². The summed E-state index contributed by atoms with van der Waals surface area (Å²) in [5.41, 5.74) is 1.24. The molecule has 0 aliphatic rings. The van der Waals surface area contributed by atoms with Crippen LogP contribution in [0.4, 0.5) is 0 Å². The molecule has 0 atom stereocenters. The van der Waals surface area contributed by atoms with Crippen LogP contribution in [0.1, 0.15) is 38.6 Å². The Bertz CT molecular complexity index is 535. The van der Waals surface area contributed by atoms with E-state index in [0.717, 1.165) is 13.0 Å². The lowest BCUT2D eigenvalue weighted by Gasteiger charge is -2.10. The third-order valence-electron chi connectivity index (χ3n) is 3.00. The van der Waals surface area contributed by atoms with E-state index in [0.29, 0.717) is 35.4 Å². The van der Waals surface area contributed by atoms with Gasteiger partial charge < -0.3 is 5.32 Å². The molecule has 20 heavy (non-hydrogen) atoms. The van der Waals surface area contributed by atoms with E-state index in [1.807, 2.05) is 6.92 Å². The normalized spacial score (nSPS) is 12.3. The molecule has 0 amide bonds. The predicted octanol–water partition coefficient (Wildman–Crippen LogP) is 1.19. The lowest BCUT2D eigenvalue weighted by Crippen LogP contribution is -2.27. The van der Waals surface area contributed by atoms with Crippen LogP contribution >= 0.6 is 0 Å². The molecule has 116 valence electrons. The fourth-order valence-electron chi connectivity index (χ4n) is 2.05. The number of rotatable bonds is 8. The molecule has 7 heteroatoms. The molecule has 0 unspecified atom stereocenters. The van der Waals surface area contributed by atoms with Crippen molar-refractivity contribution in [2.45, 2.75) is 58.5 Å². The Balaban J connectivity index is 2.91. The Hall–Kier alpha value is -0.920. The molecular formula is C13H26N4O2S. The number of sulfonamides is 1. The van der Waals surface area contributed by atoms with Gasteiger partial charge in [0.25, 0.3) is 0 Å². The number of nitrogens with zero attached hydrogens (tertiary/aromatic N) is 2. The van der Waals surface area contributed by atoms with Crippen LogP contribution in [-0.4, -0.2) is 37.3 Å². The first-order chi connectivity index (χ1) is 9.29. The zero-order valence-corrected chi connectivity index (χ0v) is 13.8. The van der Waals surface area contributed by atoms with Crippen molar-refractivity contribution in [1.29, 1.82) is 0 Å². The Morgan fingerprint density at radius 2 is 1.90 bits per heavy atom.